The highest BCUT2D eigenvalue weighted by Crippen LogP contribution is 2.30. The number of hydroxylamine groups is 2. The number of aryl methyl sites for hydroxylation is 2. The molecule has 20 heteroatoms. The monoisotopic (exact) mass is 1060 g/mol. The molecule has 3 atom stereocenters. The maximum Gasteiger partial charge on any atom is 0.368 e. The van der Waals surface area contributed by atoms with Crippen molar-refractivity contribution in [3.63, 3.8) is 0 Å². The Morgan fingerprint density at radius 2 is 1.34 bits per heavy atom. The molecule has 0 saturated heterocycles. The van der Waals surface area contributed by atoms with Crippen LogP contribution in [-0.4, -0.2) is 83.6 Å². The van der Waals surface area contributed by atoms with Crippen molar-refractivity contribution < 1.29 is 71.1 Å². The molecule has 0 saturated carbocycles. The zero-order valence-electron chi connectivity index (χ0n) is 43.2. The number of aromatic nitrogens is 1. The van der Waals surface area contributed by atoms with Crippen molar-refractivity contribution in [3.8, 4) is 17.1 Å². The fraction of sp³-hybridized carbons (Fsp3) is 0.316. The highest BCUT2D eigenvalue weighted by atomic mass is 16.7. The average Bonchev–Trinajstić information content (AvgIpc) is 4.11. The first kappa shape index (κ1) is 57.2. The predicted octanol–water partition coefficient (Wildman–Crippen LogP) is 7.66. The van der Waals surface area contributed by atoms with Gasteiger partial charge in [0, 0.05) is 5.56 Å². The summed E-state index contributed by atoms with van der Waals surface area (Å²) in [5.74, 6) is -6.27. The van der Waals surface area contributed by atoms with Crippen molar-refractivity contribution in [1.82, 2.24) is 26.2 Å². The molecule has 0 aliphatic carbocycles. The second kappa shape index (κ2) is 29.1. The number of hydrogen-bond donors (Lipinski definition) is 3. The third kappa shape index (κ3) is 17.0. The number of ether oxygens (including phenoxy) is 4. The molecule has 2 aromatic heterocycles. The zero-order chi connectivity index (χ0) is 55.1. The summed E-state index contributed by atoms with van der Waals surface area (Å²) in [6.07, 6.45) is 2.61. The summed E-state index contributed by atoms with van der Waals surface area (Å²) in [4.78, 5) is 112. The van der Waals surface area contributed by atoms with Crippen LogP contribution in [0.2, 0.25) is 0 Å². The van der Waals surface area contributed by atoms with Crippen LogP contribution >= 0.6 is 0 Å². The molecule has 404 valence electrons. The highest BCUT2D eigenvalue weighted by molar-refractivity contribution is 6.00. The molecule has 2 heterocycles. The molecule has 20 nitrogen and oxygen atoms in total. The fourth-order valence-electron chi connectivity index (χ4n) is 8.00. The van der Waals surface area contributed by atoms with Gasteiger partial charge in [0.25, 0.3) is 11.8 Å². The molecule has 4 amide bonds. The van der Waals surface area contributed by atoms with Gasteiger partial charge in [0.1, 0.15) is 48.7 Å². The van der Waals surface area contributed by atoms with Crippen LogP contribution in [-0.2, 0) is 62.8 Å². The number of carbonyl (C=O) groups excluding carboxylic acids is 8. The number of furan rings is 1. The number of benzene rings is 4. The maximum absolute atomic E-state index is 14.2. The summed E-state index contributed by atoms with van der Waals surface area (Å²) in [5.41, 5.74) is 2.57. The Morgan fingerprint density at radius 3 is 1.92 bits per heavy atom. The van der Waals surface area contributed by atoms with Crippen molar-refractivity contribution in [2.45, 2.75) is 98.1 Å². The largest absolute Gasteiger partial charge is 0.481 e. The molecule has 6 rings (SSSR count). The lowest BCUT2D eigenvalue weighted by atomic mass is 9.90. The van der Waals surface area contributed by atoms with E-state index in [1.807, 2.05) is 19.1 Å². The van der Waals surface area contributed by atoms with Gasteiger partial charge in [-0.1, -0.05) is 135 Å². The van der Waals surface area contributed by atoms with Gasteiger partial charge in [-0.3, -0.25) is 24.0 Å². The number of hydrogen-bond acceptors (Lipinski definition) is 16. The first-order chi connectivity index (χ1) is 37.3. The molecular weight excluding hydrogens is 995 g/mol. The van der Waals surface area contributed by atoms with Gasteiger partial charge in [0.15, 0.2) is 12.4 Å². The van der Waals surface area contributed by atoms with E-state index in [-0.39, 0.29) is 72.8 Å². The van der Waals surface area contributed by atoms with Gasteiger partial charge in [-0.15, -0.1) is 0 Å². The quantitative estimate of drug-likeness (QED) is 0.0102. The molecule has 2 unspecified atom stereocenters. The molecule has 0 bridgehead atoms. The Bertz CT molecular complexity index is 2920. The van der Waals surface area contributed by atoms with E-state index in [4.69, 9.17) is 32.7 Å². The third-order valence-electron chi connectivity index (χ3n) is 12.1. The normalized spacial score (nSPS) is 11.9. The summed E-state index contributed by atoms with van der Waals surface area (Å²) in [7, 11) is 0. The molecule has 0 aliphatic rings. The minimum absolute atomic E-state index is 0.0513. The summed E-state index contributed by atoms with van der Waals surface area (Å²) in [5, 5.41) is 12.5. The Morgan fingerprint density at radius 1 is 0.714 bits per heavy atom. The van der Waals surface area contributed by atoms with Gasteiger partial charge in [0.05, 0.1) is 36.3 Å². The smallest absolute Gasteiger partial charge is 0.368 e. The molecule has 6 aromatic rings. The third-order valence-corrected chi connectivity index (χ3v) is 12.1. The number of carbonyl (C=O) groups is 8. The molecule has 0 aliphatic heterocycles. The van der Waals surface area contributed by atoms with E-state index in [1.54, 1.807) is 92.7 Å². The second-order valence-corrected chi connectivity index (χ2v) is 17.6. The number of amides is 4. The van der Waals surface area contributed by atoms with Crippen molar-refractivity contribution in [1.29, 1.82) is 0 Å². The molecule has 4 aromatic carbocycles. The van der Waals surface area contributed by atoms with Gasteiger partial charge in [-0.05, 0) is 67.6 Å². The van der Waals surface area contributed by atoms with Crippen LogP contribution in [0.15, 0.2) is 130 Å². The number of unbranched alkanes of at least 4 members (excludes halogenated alkanes) is 2. The van der Waals surface area contributed by atoms with Crippen molar-refractivity contribution in [2.75, 3.05) is 13.3 Å². The van der Waals surface area contributed by atoms with Crippen LogP contribution in [0.4, 0.5) is 0 Å². The Balaban J connectivity index is 1.16. The van der Waals surface area contributed by atoms with Crippen LogP contribution < -0.4 is 20.7 Å². The molecule has 0 fully saturated rings. The van der Waals surface area contributed by atoms with E-state index >= 15 is 0 Å². The van der Waals surface area contributed by atoms with Crippen LogP contribution in [0.5, 0.6) is 5.75 Å². The van der Waals surface area contributed by atoms with Crippen LogP contribution in [0, 0.1) is 19.8 Å². The van der Waals surface area contributed by atoms with Gasteiger partial charge >= 0.3 is 23.9 Å². The lowest BCUT2D eigenvalue weighted by molar-refractivity contribution is -0.171. The number of esters is 3. The topological polar surface area (TPSA) is 261 Å². The molecular formula is C57H61N5O15. The number of nitrogens with zero attached hydrogens (tertiary/aromatic N) is 2. The first-order valence-electron chi connectivity index (χ1n) is 25.0. The number of nitrogens with one attached hydrogen (secondary N) is 3. The molecule has 0 spiro atoms. The average molecular weight is 1060 g/mol. The van der Waals surface area contributed by atoms with Gasteiger partial charge in [0.2, 0.25) is 12.3 Å². The van der Waals surface area contributed by atoms with E-state index in [0.29, 0.717) is 35.9 Å². The highest BCUT2D eigenvalue weighted by Gasteiger charge is 2.35. The van der Waals surface area contributed by atoms with E-state index < -0.39 is 72.6 Å². The van der Waals surface area contributed by atoms with E-state index in [2.05, 4.69) is 21.1 Å². The molecule has 77 heavy (non-hydrogen) atoms. The summed E-state index contributed by atoms with van der Waals surface area (Å²) in [6, 6.07) is 31.3. The lowest BCUT2D eigenvalue weighted by Gasteiger charge is -2.31. The Labute approximate surface area is 444 Å². The Hall–Kier alpha value is -9.07. The van der Waals surface area contributed by atoms with E-state index in [0.717, 1.165) is 23.5 Å². The molecule has 0 radical (unpaired) electrons. The zero-order valence-corrected chi connectivity index (χ0v) is 43.2. The van der Waals surface area contributed by atoms with E-state index in [1.165, 1.54) is 37.3 Å². The number of rotatable bonds is 29. The fourth-order valence-corrected chi connectivity index (χ4v) is 8.00. The first-order valence-corrected chi connectivity index (χ1v) is 25.0. The Kier molecular flexibility index (Phi) is 21.6. The standard InChI is InChI=1S/C57H61N5O15/c1-5-7-11-24-43(46(6-2)62(36-63)77-57(70)52-37(3)61-76-38(52)4)53(66)58-35-59-55(68)48-28-27-47(75-48)42-25-26-44(49(29-42)71-34-51(65)73-32-40-20-14-9-15-21-40)54(67)60-45(56(69)74-33-41-22-16-10-17-23-41)30-50(64)72-31-39-18-12-8-13-19-39/h8-10,12-23,25-29,36,43,45-46H,5-7,11,24,30-35H2,1-4H3,(H,58,66)(H,59,68)(H,60,67)/t43?,45?,46-/m1/s1. The van der Waals surface area contributed by atoms with Crippen LogP contribution in [0.1, 0.15) is 112 Å². The van der Waals surface area contributed by atoms with Crippen molar-refractivity contribution in [2.24, 2.45) is 5.92 Å². The second-order valence-electron chi connectivity index (χ2n) is 17.6. The van der Waals surface area contributed by atoms with Gasteiger partial charge in [-0.2, -0.15) is 5.06 Å². The SMILES string of the molecule is CCCCCC(C(=O)NCNC(=O)c1ccc(-c2ccc(C(=O)NC(CC(=O)OCc3ccccc3)C(=O)OCc3ccccc3)c(OCC(=O)OCc3ccccc3)c2)o1)[C@@H](CC)N(C=O)OC(=O)c1c(C)noc1C. The maximum atomic E-state index is 14.2. The van der Waals surface area contributed by atoms with Gasteiger partial charge in [-0.25, -0.2) is 14.4 Å². The van der Waals surface area contributed by atoms with E-state index in [9.17, 15) is 38.4 Å². The molecule has 3 N–H and O–H groups in total. The minimum atomic E-state index is -1.52. The van der Waals surface area contributed by atoms with Gasteiger partial charge < -0.3 is 48.7 Å². The summed E-state index contributed by atoms with van der Waals surface area (Å²) in [6.45, 7) is 5.56. The summed E-state index contributed by atoms with van der Waals surface area (Å²) < 4.78 is 33.3. The predicted molar refractivity (Wildman–Crippen MR) is 276 cm³/mol. The van der Waals surface area contributed by atoms with Crippen molar-refractivity contribution >= 4 is 48.0 Å². The van der Waals surface area contributed by atoms with Crippen molar-refractivity contribution in [3.05, 3.63) is 166 Å². The summed E-state index contributed by atoms with van der Waals surface area (Å²) >= 11 is 0. The lowest BCUT2D eigenvalue weighted by Crippen LogP contribution is -2.49. The van der Waals surface area contributed by atoms with Crippen LogP contribution in [0.25, 0.3) is 11.3 Å². The minimum Gasteiger partial charge on any atom is -0.481 e. The van der Waals surface area contributed by atoms with Crippen LogP contribution in [0.3, 0.4) is 0 Å².